The molecule has 0 radical (unpaired) electrons. The van der Waals surface area contributed by atoms with Crippen LogP contribution < -0.4 is 10.1 Å². The Morgan fingerprint density at radius 3 is 2.71 bits per heavy atom. The number of tetrazole rings is 1. The second kappa shape index (κ2) is 7.10. The van der Waals surface area contributed by atoms with Crippen molar-refractivity contribution in [1.82, 2.24) is 25.5 Å². The number of carbonyl (C=O) groups is 1. The highest BCUT2D eigenvalue weighted by atomic mass is 35.5. The van der Waals surface area contributed by atoms with Crippen LogP contribution in [0.15, 0.2) is 48.5 Å². The lowest BCUT2D eigenvalue weighted by molar-refractivity contribution is 0.0940. The average molecular weight is 344 g/mol. The van der Waals surface area contributed by atoms with Crippen LogP contribution in [0.5, 0.6) is 5.75 Å². The third kappa shape index (κ3) is 3.52. The van der Waals surface area contributed by atoms with E-state index in [1.54, 1.807) is 31.4 Å². The predicted octanol–water partition coefficient (Wildman–Crippen LogP) is 2.25. The predicted molar refractivity (Wildman–Crippen MR) is 88.3 cm³/mol. The van der Waals surface area contributed by atoms with Gasteiger partial charge in [0.15, 0.2) is 0 Å². The molecule has 3 rings (SSSR count). The third-order valence-corrected chi connectivity index (χ3v) is 3.56. The first kappa shape index (κ1) is 15.9. The van der Waals surface area contributed by atoms with E-state index in [1.165, 1.54) is 4.80 Å². The zero-order valence-electron chi connectivity index (χ0n) is 12.8. The molecule has 0 spiro atoms. The van der Waals surface area contributed by atoms with E-state index in [1.807, 2.05) is 24.3 Å². The molecule has 1 aromatic heterocycles. The number of methoxy groups -OCH3 is 1. The molecule has 0 fully saturated rings. The topological polar surface area (TPSA) is 81.9 Å². The third-order valence-electron chi connectivity index (χ3n) is 3.31. The second-order valence-electron chi connectivity index (χ2n) is 4.87. The van der Waals surface area contributed by atoms with Crippen molar-refractivity contribution in [3.05, 3.63) is 64.9 Å². The minimum absolute atomic E-state index is 0.0140. The maximum atomic E-state index is 12.2. The summed E-state index contributed by atoms with van der Waals surface area (Å²) in [5.74, 6) is 0.275. The van der Waals surface area contributed by atoms with Gasteiger partial charge in [0.25, 0.3) is 11.7 Å². The molecule has 0 aliphatic rings. The highest BCUT2D eigenvalue weighted by Crippen LogP contribution is 2.16. The van der Waals surface area contributed by atoms with Gasteiger partial charge in [-0.05, 0) is 35.5 Å². The van der Waals surface area contributed by atoms with Crippen LogP contribution in [0, 0.1) is 0 Å². The van der Waals surface area contributed by atoms with E-state index in [9.17, 15) is 4.79 Å². The van der Waals surface area contributed by atoms with E-state index in [0.29, 0.717) is 23.0 Å². The minimum atomic E-state index is -0.416. The molecule has 1 heterocycles. The summed E-state index contributed by atoms with van der Waals surface area (Å²) in [4.78, 5) is 13.4. The fourth-order valence-electron chi connectivity index (χ4n) is 2.09. The van der Waals surface area contributed by atoms with Crippen LogP contribution >= 0.6 is 11.6 Å². The van der Waals surface area contributed by atoms with E-state index < -0.39 is 5.91 Å². The molecule has 0 bridgehead atoms. The van der Waals surface area contributed by atoms with Crippen LogP contribution in [0.1, 0.15) is 16.2 Å². The number of hydrogen-bond donors (Lipinski definition) is 1. The van der Waals surface area contributed by atoms with Gasteiger partial charge < -0.3 is 10.1 Å². The van der Waals surface area contributed by atoms with Gasteiger partial charge in [-0.3, -0.25) is 4.79 Å². The first-order chi connectivity index (χ1) is 11.7. The Labute approximate surface area is 143 Å². The molecule has 1 amide bonds. The van der Waals surface area contributed by atoms with Crippen molar-refractivity contribution in [1.29, 1.82) is 0 Å². The highest BCUT2D eigenvalue weighted by molar-refractivity contribution is 6.30. The molecule has 122 valence electrons. The first-order valence-corrected chi connectivity index (χ1v) is 7.51. The molecule has 0 unspecified atom stereocenters. The molecular weight excluding hydrogens is 330 g/mol. The molecule has 1 N–H and O–H groups in total. The van der Waals surface area contributed by atoms with Gasteiger partial charge in [0.05, 0.1) is 12.8 Å². The van der Waals surface area contributed by atoms with Crippen molar-refractivity contribution >= 4 is 17.5 Å². The van der Waals surface area contributed by atoms with Crippen LogP contribution in [0.25, 0.3) is 5.69 Å². The van der Waals surface area contributed by atoms with E-state index in [0.717, 1.165) is 5.56 Å². The Morgan fingerprint density at radius 1 is 1.21 bits per heavy atom. The van der Waals surface area contributed by atoms with Crippen molar-refractivity contribution in [3.8, 4) is 11.4 Å². The van der Waals surface area contributed by atoms with Crippen LogP contribution in [0.3, 0.4) is 0 Å². The molecule has 0 saturated carbocycles. The second-order valence-corrected chi connectivity index (χ2v) is 5.31. The SMILES string of the molecule is COc1ccccc1CNC(=O)c1nnn(-c2ccc(Cl)cc2)n1. The number of aromatic nitrogens is 4. The lowest BCUT2D eigenvalue weighted by Crippen LogP contribution is -2.24. The summed E-state index contributed by atoms with van der Waals surface area (Å²) in [5, 5.41) is 15.1. The summed E-state index contributed by atoms with van der Waals surface area (Å²) in [6.45, 7) is 0.304. The smallest absolute Gasteiger partial charge is 0.293 e. The van der Waals surface area contributed by atoms with Gasteiger partial charge >= 0.3 is 0 Å². The van der Waals surface area contributed by atoms with Crippen LogP contribution in [-0.2, 0) is 6.54 Å². The quantitative estimate of drug-likeness (QED) is 0.768. The number of rotatable bonds is 5. The van der Waals surface area contributed by atoms with Crippen molar-refractivity contribution in [2.45, 2.75) is 6.54 Å². The normalized spacial score (nSPS) is 10.4. The summed E-state index contributed by atoms with van der Waals surface area (Å²) < 4.78 is 5.25. The van der Waals surface area contributed by atoms with Gasteiger partial charge in [-0.2, -0.15) is 0 Å². The average Bonchev–Trinajstić information content (AvgIpc) is 3.10. The Hall–Kier alpha value is -2.93. The summed E-state index contributed by atoms with van der Waals surface area (Å²) in [6, 6.07) is 14.3. The van der Waals surface area contributed by atoms with Gasteiger partial charge in [-0.1, -0.05) is 29.8 Å². The number of hydrogen-bond acceptors (Lipinski definition) is 5. The van der Waals surface area contributed by atoms with Gasteiger partial charge in [0.2, 0.25) is 0 Å². The zero-order chi connectivity index (χ0) is 16.9. The molecule has 0 saturated heterocycles. The van der Waals surface area contributed by atoms with Crippen molar-refractivity contribution < 1.29 is 9.53 Å². The van der Waals surface area contributed by atoms with Crippen molar-refractivity contribution in [2.24, 2.45) is 0 Å². The van der Waals surface area contributed by atoms with E-state index in [2.05, 4.69) is 20.7 Å². The zero-order valence-corrected chi connectivity index (χ0v) is 13.6. The molecule has 3 aromatic rings. The number of nitrogens with one attached hydrogen (secondary N) is 1. The fourth-order valence-corrected chi connectivity index (χ4v) is 2.22. The van der Waals surface area contributed by atoms with E-state index in [4.69, 9.17) is 16.3 Å². The largest absolute Gasteiger partial charge is 0.496 e. The summed E-state index contributed by atoms with van der Waals surface area (Å²) >= 11 is 5.84. The van der Waals surface area contributed by atoms with Crippen LogP contribution in [0.2, 0.25) is 5.02 Å². The maximum absolute atomic E-state index is 12.2. The van der Waals surface area contributed by atoms with E-state index >= 15 is 0 Å². The number of carbonyl (C=O) groups excluding carboxylic acids is 1. The number of para-hydroxylation sites is 1. The Morgan fingerprint density at radius 2 is 1.96 bits per heavy atom. The Kier molecular flexibility index (Phi) is 4.72. The molecule has 0 aliphatic heterocycles. The van der Waals surface area contributed by atoms with Crippen LogP contribution in [-0.4, -0.2) is 33.2 Å². The molecule has 8 heteroatoms. The molecule has 24 heavy (non-hydrogen) atoms. The Balaban J connectivity index is 1.69. The first-order valence-electron chi connectivity index (χ1n) is 7.13. The fraction of sp³-hybridized carbons (Fsp3) is 0.125. The molecule has 0 aliphatic carbocycles. The number of benzene rings is 2. The monoisotopic (exact) mass is 343 g/mol. The summed E-state index contributed by atoms with van der Waals surface area (Å²) in [5.41, 5.74) is 1.52. The minimum Gasteiger partial charge on any atom is -0.496 e. The number of nitrogens with zero attached hydrogens (tertiary/aromatic N) is 4. The lowest BCUT2D eigenvalue weighted by atomic mass is 10.2. The standard InChI is InChI=1S/C16H14ClN5O2/c1-24-14-5-3-2-4-11(14)10-18-16(23)15-19-21-22(20-15)13-8-6-12(17)7-9-13/h2-9H,10H2,1H3,(H,18,23). The van der Waals surface area contributed by atoms with E-state index in [-0.39, 0.29) is 5.82 Å². The molecular formula is C16H14ClN5O2. The number of ether oxygens (including phenoxy) is 1. The molecule has 0 atom stereocenters. The number of amides is 1. The summed E-state index contributed by atoms with van der Waals surface area (Å²) in [7, 11) is 1.58. The van der Waals surface area contributed by atoms with Gasteiger partial charge in [0, 0.05) is 17.1 Å². The Bertz CT molecular complexity index is 848. The lowest BCUT2D eigenvalue weighted by Gasteiger charge is -2.08. The highest BCUT2D eigenvalue weighted by Gasteiger charge is 2.14. The molecule has 2 aromatic carbocycles. The number of halogens is 1. The van der Waals surface area contributed by atoms with Gasteiger partial charge in [-0.15, -0.1) is 15.0 Å². The van der Waals surface area contributed by atoms with Crippen molar-refractivity contribution in [2.75, 3.05) is 7.11 Å². The van der Waals surface area contributed by atoms with Crippen LogP contribution in [0.4, 0.5) is 0 Å². The summed E-state index contributed by atoms with van der Waals surface area (Å²) in [6.07, 6.45) is 0. The molecule has 7 nitrogen and oxygen atoms in total. The van der Waals surface area contributed by atoms with Gasteiger partial charge in [0.1, 0.15) is 5.75 Å². The van der Waals surface area contributed by atoms with Gasteiger partial charge in [-0.25, -0.2) is 0 Å². The maximum Gasteiger partial charge on any atom is 0.293 e. The van der Waals surface area contributed by atoms with Crippen molar-refractivity contribution in [3.63, 3.8) is 0 Å².